The maximum absolute atomic E-state index is 13.8. The Morgan fingerprint density at radius 3 is 2.53 bits per heavy atom. The van der Waals surface area contributed by atoms with E-state index in [4.69, 9.17) is 18.9 Å². The predicted molar refractivity (Wildman–Crippen MR) is 147 cm³/mol. The van der Waals surface area contributed by atoms with Crippen LogP contribution in [0.3, 0.4) is 0 Å². The molecule has 198 valence electrons. The molecule has 1 aliphatic rings. The Kier molecular flexibility index (Phi) is 8.48. The second-order valence-electron chi connectivity index (χ2n) is 8.31. The minimum Gasteiger partial charge on any atom is -0.493 e. The van der Waals surface area contributed by atoms with Crippen molar-refractivity contribution in [2.24, 2.45) is 4.99 Å². The number of nitrogens with zero attached hydrogens (tertiary/aromatic N) is 2. The second kappa shape index (κ2) is 12.0. The summed E-state index contributed by atoms with van der Waals surface area (Å²) < 4.78 is 24.1. The first-order valence-corrected chi connectivity index (χ1v) is 13.1. The lowest BCUT2D eigenvalue weighted by Crippen LogP contribution is -2.39. The lowest BCUT2D eigenvalue weighted by Gasteiger charge is -2.24. The summed E-state index contributed by atoms with van der Waals surface area (Å²) in [4.78, 5) is 32.0. The molecule has 1 atom stereocenters. The summed E-state index contributed by atoms with van der Waals surface area (Å²) in [5.74, 6) is 1.36. The molecule has 0 spiro atoms. The summed E-state index contributed by atoms with van der Waals surface area (Å²) in [7, 11) is 1.58. The van der Waals surface area contributed by atoms with Crippen LogP contribution in [0.5, 0.6) is 17.2 Å². The number of hydrogen-bond acceptors (Lipinski definition) is 8. The number of carbonyl (C=O) groups excluding carboxylic acids is 1. The topological polar surface area (TPSA) is 88.4 Å². The Balaban J connectivity index is 1.86. The fourth-order valence-corrected chi connectivity index (χ4v) is 5.26. The molecule has 9 heteroatoms. The number of rotatable bonds is 10. The van der Waals surface area contributed by atoms with E-state index in [1.54, 1.807) is 55.9 Å². The zero-order chi connectivity index (χ0) is 27.2. The highest BCUT2D eigenvalue weighted by molar-refractivity contribution is 7.07. The number of fused-ring (bicyclic) bond motifs is 1. The number of allylic oxidation sites excluding steroid dienone is 1. The first-order chi connectivity index (χ1) is 18.4. The minimum atomic E-state index is -0.698. The lowest BCUT2D eigenvalue weighted by atomic mass is 9.96. The third-order valence-electron chi connectivity index (χ3n) is 5.87. The van der Waals surface area contributed by atoms with Gasteiger partial charge in [-0.2, -0.15) is 0 Å². The minimum absolute atomic E-state index is 0.209. The molecule has 2 heterocycles. The molecule has 0 fully saturated rings. The number of esters is 1. The number of carbonyl (C=O) groups is 1. The molecule has 0 saturated carbocycles. The van der Waals surface area contributed by atoms with E-state index >= 15 is 0 Å². The molecular weight excluding hydrogens is 504 g/mol. The predicted octanol–water partition coefficient (Wildman–Crippen LogP) is 3.77. The van der Waals surface area contributed by atoms with Gasteiger partial charge in [-0.3, -0.25) is 9.36 Å². The molecular formula is C29H30N2O6S. The van der Waals surface area contributed by atoms with Crippen molar-refractivity contribution >= 4 is 23.4 Å². The zero-order valence-electron chi connectivity index (χ0n) is 21.9. The number of methoxy groups -OCH3 is 1. The average Bonchev–Trinajstić information content (AvgIpc) is 3.21. The van der Waals surface area contributed by atoms with Crippen LogP contribution in [-0.4, -0.2) is 37.5 Å². The van der Waals surface area contributed by atoms with E-state index in [9.17, 15) is 9.59 Å². The van der Waals surface area contributed by atoms with Gasteiger partial charge < -0.3 is 18.9 Å². The van der Waals surface area contributed by atoms with Crippen LogP contribution in [0.4, 0.5) is 0 Å². The second-order valence-corrected chi connectivity index (χ2v) is 9.32. The Morgan fingerprint density at radius 2 is 1.87 bits per heavy atom. The Morgan fingerprint density at radius 1 is 1.11 bits per heavy atom. The SMILES string of the molecule is C=CCOc1ccc(C2C(C(=O)OCC)=C(C)N=c3sc(=Cc4ccc(OC)c(OCC)c4)c(=O)n32)cc1. The summed E-state index contributed by atoms with van der Waals surface area (Å²) in [6.45, 7) is 10.1. The molecule has 0 N–H and O–H groups in total. The van der Waals surface area contributed by atoms with Crippen LogP contribution in [0.1, 0.15) is 37.9 Å². The first-order valence-electron chi connectivity index (χ1n) is 12.3. The van der Waals surface area contributed by atoms with E-state index < -0.39 is 12.0 Å². The fourth-order valence-electron chi connectivity index (χ4n) is 4.21. The number of benzene rings is 2. The van der Waals surface area contributed by atoms with Crippen molar-refractivity contribution in [1.29, 1.82) is 0 Å². The molecule has 3 aromatic rings. The maximum Gasteiger partial charge on any atom is 0.338 e. The molecule has 0 radical (unpaired) electrons. The van der Waals surface area contributed by atoms with Crippen molar-refractivity contribution < 1.29 is 23.7 Å². The Labute approximate surface area is 224 Å². The van der Waals surface area contributed by atoms with Crippen molar-refractivity contribution in [3.63, 3.8) is 0 Å². The van der Waals surface area contributed by atoms with E-state index in [1.165, 1.54) is 11.3 Å². The highest BCUT2D eigenvalue weighted by Crippen LogP contribution is 2.32. The molecule has 1 unspecified atom stereocenters. The first kappa shape index (κ1) is 26.9. The van der Waals surface area contributed by atoms with Gasteiger partial charge in [0.25, 0.3) is 5.56 Å². The van der Waals surface area contributed by atoms with E-state index in [2.05, 4.69) is 11.6 Å². The van der Waals surface area contributed by atoms with Gasteiger partial charge in [0.05, 0.1) is 42.2 Å². The van der Waals surface area contributed by atoms with E-state index in [0.29, 0.717) is 51.1 Å². The monoisotopic (exact) mass is 534 g/mol. The lowest BCUT2D eigenvalue weighted by molar-refractivity contribution is -0.139. The van der Waals surface area contributed by atoms with E-state index in [-0.39, 0.29) is 12.2 Å². The summed E-state index contributed by atoms with van der Waals surface area (Å²) in [6.07, 6.45) is 3.45. The molecule has 1 aromatic heterocycles. The van der Waals surface area contributed by atoms with Gasteiger partial charge in [0, 0.05) is 0 Å². The number of thiazole rings is 1. The molecule has 4 rings (SSSR count). The molecule has 2 aromatic carbocycles. The number of hydrogen-bond donors (Lipinski definition) is 0. The standard InChI is InChI=1S/C29H30N2O6S/c1-6-15-37-21-12-10-20(11-13-21)26-25(28(33)36-8-3)18(4)30-29-31(26)27(32)24(38-29)17-19-9-14-22(34-5)23(16-19)35-7-2/h6,9-14,16-17,26H,1,7-8,15H2,2-5H3. The number of ether oxygens (including phenoxy) is 4. The molecule has 0 aliphatic carbocycles. The van der Waals surface area contributed by atoms with Crippen molar-refractivity contribution in [2.45, 2.75) is 26.8 Å². The van der Waals surface area contributed by atoms with E-state index in [1.807, 2.05) is 31.2 Å². The summed E-state index contributed by atoms with van der Waals surface area (Å²) in [6, 6.07) is 12.1. The van der Waals surface area contributed by atoms with Crippen molar-refractivity contribution in [2.75, 3.05) is 26.9 Å². The highest BCUT2D eigenvalue weighted by atomic mass is 32.1. The van der Waals surface area contributed by atoms with Crippen LogP contribution in [0.2, 0.25) is 0 Å². The van der Waals surface area contributed by atoms with Crippen LogP contribution in [-0.2, 0) is 9.53 Å². The Bertz CT molecular complexity index is 1550. The third-order valence-corrected chi connectivity index (χ3v) is 6.85. The highest BCUT2D eigenvalue weighted by Gasteiger charge is 2.33. The van der Waals surface area contributed by atoms with Crippen LogP contribution >= 0.6 is 11.3 Å². The molecule has 8 nitrogen and oxygen atoms in total. The van der Waals surface area contributed by atoms with Gasteiger partial charge in [-0.25, -0.2) is 9.79 Å². The normalized spacial score (nSPS) is 14.9. The van der Waals surface area contributed by atoms with Gasteiger partial charge >= 0.3 is 5.97 Å². The van der Waals surface area contributed by atoms with Gasteiger partial charge in [0.15, 0.2) is 16.3 Å². The van der Waals surface area contributed by atoms with Gasteiger partial charge in [0.1, 0.15) is 12.4 Å². The number of aromatic nitrogens is 1. The van der Waals surface area contributed by atoms with Crippen LogP contribution < -0.4 is 29.1 Å². The van der Waals surface area contributed by atoms with E-state index in [0.717, 1.165) is 11.1 Å². The van der Waals surface area contributed by atoms with Crippen molar-refractivity contribution in [3.8, 4) is 17.2 Å². The van der Waals surface area contributed by atoms with Crippen LogP contribution in [0, 0.1) is 0 Å². The van der Waals surface area contributed by atoms with Gasteiger partial charge in [-0.15, -0.1) is 0 Å². The van der Waals surface area contributed by atoms with Crippen molar-refractivity contribution in [1.82, 2.24) is 4.57 Å². The van der Waals surface area contributed by atoms with Gasteiger partial charge in [-0.1, -0.05) is 42.2 Å². The summed E-state index contributed by atoms with van der Waals surface area (Å²) in [5, 5.41) is 0. The molecule has 38 heavy (non-hydrogen) atoms. The largest absolute Gasteiger partial charge is 0.493 e. The average molecular weight is 535 g/mol. The van der Waals surface area contributed by atoms with Crippen LogP contribution in [0.15, 0.2) is 76.2 Å². The molecule has 0 bridgehead atoms. The van der Waals surface area contributed by atoms with Gasteiger partial charge in [-0.05, 0) is 62.2 Å². The third kappa shape index (κ3) is 5.43. The smallest absolute Gasteiger partial charge is 0.338 e. The zero-order valence-corrected chi connectivity index (χ0v) is 22.7. The van der Waals surface area contributed by atoms with Crippen molar-refractivity contribution in [3.05, 3.63) is 97.2 Å². The van der Waals surface area contributed by atoms with Crippen LogP contribution in [0.25, 0.3) is 6.08 Å². The molecule has 0 amide bonds. The van der Waals surface area contributed by atoms with Gasteiger partial charge in [0.2, 0.25) is 0 Å². The molecule has 1 aliphatic heterocycles. The summed E-state index contributed by atoms with van der Waals surface area (Å²) in [5.41, 5.74) is 2.10. The summed E-state index contributed by atoms with van der Waals surface area (Å²) >= 11 is 1.26. The Hall–Kier alpha value is -4.11. The molecule has 0 saturated heterocycles. The fraction of sp³-hybridized carbons (Fsp3) is 0.276. The maximum atomic E-state index is 13.8. The quantitative estimate of drug-likeness (QED) is 0.291.